The van der Waals surface area contributed by atoms with Crippen molar-refractivity contribution in [2.75, 3.05) is 30.9 Å². The Morgan fingerprint density at radius 2 is 1.84 bits per heavy atom. The Hall–Kier alpha value is -2.94. The normalized spacial score (nSPS) is 16.2. The van der Waals surface area contributed by atoms with Gasteiger partial charge in [0.05, 0.1) is 17.2 Å². The molecule has 9 heteroatoms. The van der Waals surface area contributed by atoms with E-state index in [4.69, 9.17) is 4.74 Å². The average Bonchev–Trinajstić information content (AvgIpc) is 2.78. The molecule has 1 aliphatic rings. The van der Waals surface area contributed by atoms with Crippen LogP contribution in [-0.4, -0.2) is 36.5 Å². The summed E-state index contributed by atoms with van der Waals surface area (Å²) >= 11 is 0. The maximum absolute atomic E-state index is 14.7. The number of hydrogen-bond acceptors (Lipinski definition) is 6. The van der Waals surface area contributed by atoms with E-state index in [1.165, 1.54) is 12.1 Å². The molecule has 0 aliphatic carbocycles. The summed E-state index contributed by atoms with van der Waals surface area (Å²) in [5, 5.41) is 6.13. The molecule has 0 saturated carbocycles. The van der Waals surface area contributed by atoms with Gasteiger partial charge in [-0.25, -0.2) is 23.1 Å². The van der Waals surface area contributed by atoms with Gasteiger partial charge >= 0.3 is 0 Å². The average molecular weight is 448 g/mol. The van der Waals surface area contributed by atoms with Crippen molar-refractivity contribution in [3.63, 3.8) is 0 Å². The zero-order valence-electron chi connectivity index (χ0n) is 18.3. The van der Waals surface area contributed by atoms with Crippen LogP contribution in [0.5, 0.6) is 0 Å². The summed E-state index contributed by atoms with van der Waals surface area (Å²) in [6, 6.07) is 3.27. The summed E-state index contributed by atoms with van der Waals surface area (Å²) in [4.78, 5) is 20.7. The molecule has 0 spiro atoms. The number of carbonyl (C=O) groups is 1. The van der Waals surface area contributed by atoms with Crippen LogP contribution in [0, 0.1) is 18.7 Å². The van der Waals surface area contributed by atoms with Crippen molar-refractivity contribution in [1.82, 2.24) is 9.97 Å². The van der Waals surface area contributed by atoms with Crippen LogP contribution in [0.1, 0.15) is 54.7 Å². The van der Waals surface area contributed by atoms with Gasteiger partial charge in [0.2, 0.25) is 0 Å². The van der Waals surface area contributed by atoms with E-state index in [1.54, 1.807) is 27.0 Å². The Balaban J connectivity index is 2.01. The first kappa shape index (κ1) is 23.7. The lowest BCUT2D eigenvalue weighted by Crippen LogP contribution is -2.18. The third-order valence-corrected chi connectivity index (χ3v) is 5.55. The molecule has 1 saturated heterocycles. The van der Waals surface area contributed by atoms with Crippen molar-refractivity contribution in [3.8, 4) is 0 Å². The van der Waals surface area contributed by atoms with Crippen molar-refractivity contribution in [2.45, 2.75) is 39.2 Å². The molecule has 2 heterocycles. The van der Waals surface area contributed by atoms with Gasteiger partial charge in [-0.2, -0.15) is 0 Å². The highest BCUT2D eigenvalue weighted by Gasteiger charge is 2.23. The van der Waals surface area contributed by atoms with Gasteiger partial charge < -0.3 is 15.4 Å². The molecule has 32 heavy (non-hydrogen) atoms. The fraction of sp³-hybridized carbons (Fsp3) is 0.435. The lowest BCUT2D eigenvalue weighted by molar-refractivity contribution is -0.105. The van der Waals surface area contributed by atoms with Crippen LogP contribution >= 0.6 is 0 Å². The molecule has 1 aromatic carbocycles. The molecule has 0 radical (unpaired) electrons. The van der Waals surface area contributed by atoms with E-state index in [2.05, 4.69) is 20.6 Å². The zero-order valence-corrected chi connectivity index (χ0v) is 18.3. The molecule has 1 atom stereocenters. The van der Waals surface area contributed by atoms with Gasteiger partial charge in [-0.3, -0.25) is 4.79 Å². The molecule has 1 aromatic heterocycles. The minimum Gasteiger partial charge on any atom is -0.381 e. The quantitative estimate of drug-likeness (QED) is 0.433. The molecule has 1 fully saturated rings. The topological polar surface area (TPSA) is 76.1 Å². The Kier molecular flexibility index (Phi) is 7.84. The molecule has 0 unspecified atom stereocenters. The van der Waals surface area contributed by atoms with E-state index in [1.807, 2.05) is 0 Å². The number of ether oxygens (including phenoxy) is 1. The highest BCUT2D eigenvalue weighted by Crippen LogP contribution is 2.33. The summed E-state index contributed by atoms with van der Waals surface area (Å²) in [7, 11) is 1.70. The lowest BCUT2D eigenvalue weighted by atomic mass is 9.91. The Morgan fingerprint density at radius 3 is 2.47 bits per heavy atom. The number of alkyl halides is 2. The van der Waals surface area contributed by atoms with E-state index in [-0.39, 0.29) is 11.5 Å². The third kappa shape index (κ3) is 5.27. The number of halogens is 3. The lowest BCUT2D eigenvalue weighted by Gasteiger charge is -2.23. The van der Waals surface area contributed by atoms with Crippen molar-refractivity contribution >= 4 is 24.0 Å². The summed E-state index contributed by atoms with van der Waals surface area (Å²) < 4.78 is 46.3. The fourth-order valence-corrected chi connectivity index (χ4v) is 3.82. The second-order valence-corrected chi connectivity index (χ2v) is 7.70. The number of rotatable bonds is 8. The maximum atomic E-state index is 14.7. The largest absolute Gasteiger partial charge is 0.381 e. The van der Waals surface area contributed by atoms with Crippen LogP contribution < -0.4 is 10.6 Å². The Labute approximate surface area is 185 Å². The number of aldehydes is 1. The Morgan fingerprint density at radius 1 is 1.19 bits per heavy atom. The van der Waals surface area contributed by atoms with Gasteiger partial charge in [-0.05, 0) is 44.3 Å². The number of nitrogens with one attached hydrogen (secondary N) is 2. The highest BCUT2D eigenvalue weighted by atomic mass is 19.3. The van der Waals surface area contributed by atoms with E-state index in [9.17, 15) is 18.0 Å². The van der Waals surface area contributed by atoms with Crippen LogP contribution in [0.15, 0.2) is 23.8 Å². The van der Waals surface area contributed by atoms with Gasteiger partial charge in [0.1, 0.15) is 29.6 Å². The van der Waals surface area contributed by atoms with Crippen LogP contribution in [0.3, 0.4) is 0 Å². The summed E-state index contributed by atoms with van der Waals surface area (Å²) in [6.45, 7) is 4.54. The predicted octanol–water partition coefficient (Wildman–Crippen LogP) is 5.09. The molecule has 1 aliphatic heterocycles. The first-order valence-corrected chi connectivity index (χ1v) is 10.5. The Bertz CT molecular complexity index is 991. The van der Waals surface area contributed by atoms with Crippen LogP contribution in [0.2, 0.25) is 0 Å². The number of nitrogens with zero attached hydrogens (tertiary/aromatic N) is 2. The van der Waals surface area contributed by atoms with Crippen LogP contribution in [0.4, 0.5) is 24.8 Å². The molecule has 3 rings (SSSR count). The number of hydrogen-bond donors (Lipinski definition) is 2. The van der Waals surface area contributed by atoms with E-state index in [0.29, 0.717) is 41.8 Å². The van der Waals surface area contributed by atoms with E-state index in [0.717, 1.165) is 25.2 Å². The van der Waals surface area contributed by atoms with Crippen molar-refractivity contribution in [2.24, 2.45) is 5.92 Å². The summed E-state index contributed by atoms with van der Waals surface area (Å²) in [5.41, 5.74) is 0.594. The van der Waals surface area contributed by atoms with Gasteiger partial charge in [0, 0.05) is 25.8 Å². The summed E-state index contributed by atoms with van der Waals surface area (Å²) in [5.74, 6) is 0.442. The minimum absolute atomic E-state index is 0.0534. The predicted molar refractivity (Wildman–Crippen MR) is 117 cm³/mol. The number of aryl methyl sites for hydroxylation is 1. The fourth-order valence-electron chi connectivity index (χ4n) is 3.82. The van der Waals surface area contributed by atoms with Gasteiger partial charge in [-0.1, -0.05) is 18.2 Å². The third-order valence-electron chi connectivity index (χ3n) is 5.55. The van der Waals surface area contributed by atoms with Crippen LogP contribution in [0.25, 0.3) is 6.08 Å². The first-order valence-electron chi connectivity index (χ1n) is 10.5. The number of allylic oxidation sites excluding steroid dienone is 1. The van der Waals surface area contributed by atoms with Crippen molar-refractivity contribution in [3.05, 3.63) is 52.1 Å². The number of anilines is 2. The molecule has 2 aromatic rings. The van der Waals surface area contributed by atoms with E-state index >= 15 is 0 Å². The number of benzene rings is 1. The van der Waals surface area contributed by atoms with Crippen molar-refractivity contribution < 1.29 is 22.7 Å². The smallest absolute Gasteiger partial charge is 0.266 e. The molecular formula is C23H27F3N4O2. The molecule has 172 valence electrons. The second-order valence-electron chi connectivity index (χ2n) is 7.70. The van der Waals surface area contributed by atoms with E-state index < -0.39 is 23.8 Å². The van der Waals surface area contributed by atoms with Crippen molar-refractivity contribution in [1.29, 1.82) is 0 Å². The summed E-state index contributed by atoms with van der Waals surface area (Å²) in [6.07, 6.45) is 1.12. The minimum atomic E-state index is -2.91. The molecule has 0 amide bonds. The SMILES string of the molecule is CNc1nc(C)nc(N[C@H](C)c2cccc(C(F)F)c2F)c1/C=C(\C=O)C1CCOCC1. The monoisotopic (exact) mass is 448 g/mol. The molecule has 6 nitrogen and oxygen atoms in total. The molecule has 2 N–H and O–H groups in total. The second kappa shape index (κ2) is 10.6. The van der Waals surface area contributed by atoms with Gasteiger partial charge in [0.25, 0.3) is 6.43 Å². The number of carbonyl (C=O) groups excluding carboxylic acids is 1. The highest BCUT2D eigenvalue weighted by molar-refractivity contribution is 5.87. The first-order chi connectivity index (χ1) is 15.3. The van der Waals surface area contributed by atoms with Gasteiger partial charge in [0.15, 0.2) is 0 Å². The standard InChI is InChI=1S/C23H27F3N4O2/c1-13(17-5-4-6-18(20(17)24)21(25)26)28-23-19(22(27-3)29-14(2)30-23)11-16(12-31)15-7-9-32-10-8-15/h4-6,11-13,15,21H,7-10H2,1-3H3,(H2,27,28,29,30)/b16-11+/t13-/m1/s1. The zero-order chi connectivity index (χ0) is 23.3. The van der Waals surface area contributed by atoms with Crippen LogP contribution in [-0.2, 0) is 9.53 Å². The molecular weight excluding hydrogens is 421 g/mol. The maximum Gasteiger partial charge on any atom is 0.266 e. The number of aromatic nitrogens is 2. The van der Waals surface area contributed by atoms with Gasteiger partial charge in [-0.15, -0.1) is 0 Å². The molecule has 0 bridgehead atoms.